The van der Waals surface area contributed by atoms with Gasteiger partial charge in [0.2, 0.25) is 5.78 Å². The van der Waals surface area contributed by atoms with Gasteiger partial charge in [0.15, 0.2) is 5.76 Å². The number of hydrogen-bond acceptors (Lipinski definition) is 4. The molecule has 4 rings (SSSR count). The van der Waals surface area contributed by atoms with Crippen LogP contribution in [0.4, 0.5) is 0 Å². The highest BCUT2D eigenvalue weighted by Crippen LogP contribution is 2.39. The predicted octanol–water partition coefficient (Wildman–Crippen LogP) is 6.45. The zero-order chi connectivity index (χ0) is 21.4. The summed E-state index contributed by atoms with van der Waals surface area (Å²) in [6.07, 6.45) is 1.60. The average Bonchev–Trinajstić information content (AvgIpc) is 3.03. The molecule has 0 fully saturated rings. The summed E-state index contributed by atoms with van der Waals surface area (Å²) in [5.41, 5.74) is 3.08. The third-order valence-electron chi connectivity index (χ3n) is 4.73. The quantitative estimate of drug-likeness (QED) is 0.268. The number of halogens is 2. The molecule has 0 saturated carbocycles. The first kappa shape index (κ1) is 20.2. The summed E-state index contributed by atoms with van der Waals surface area (Å²) in [4.78, 5) is 25.2. The minimum absolute atomic E-state index is 0.161. The summed E-state index contributed by atoms with van der Waals surface area (Å²) < 4.78 is 11.4. The van der Waals surface area contributed by atoms with Crippen LogP contribution in [0.1, 0.15) is 37.4 Å². The van der Waals surface area contributed by atoms with Crippen molar-refractivity contribution < 1.29 is 19.1 Å². The van der Waals surface area contributed by atoms with Gasteiger partial charge in [-0.3, -0.25) is 4.79 Å². The standard InChI is InChI=1S/C24H16Cl2O4/c1-13-4-3-5-16(10-13)24(28)30-20-9-7-17-22(27)21(29-23(17)14(20)2)12-15-6-8-18(25)19(26)11-15/h3-12H,1-2H3/b21-12-. The Kier molecular flexibility index (Phi) is 5.37. The molecular weight excluding hydrogens is 423 g/mol. The molecule has 6 heteroatoms. The molecule has 4 nitrogen and oxygen atoms in total. The summed E-state index contributed by atoms with van der Waals surface area (Å²) in [6.45, 7) is 3.64. The Labute approximate surface area is 183 Å². The molecule has 0 aliphatic carbocycles. The van der Waals surface area contributed by atoms with E-state index in [-0.39, 0.29) is 11.5 Å². The van der Waals surface area contributed by atoms with Crippen LogP contribution in [-0.2, 0) is 0 Å². The maximum atomic E-state index is 12.7. The number of Topliss-reactive ketones (excluding diaryl/α,β-unsaturated/α-hetero) is 1. The van der Waals surface area contributed by atoms with Crippen LogP contribution in [0.3, 0.4) is 0 Å². The first-order valence-corrected chi connectivity index (χ1v) is 9.91. The maximum Gasteiger partial charge on any atom is 0.343 e. The maximum absolute atomic E-state index is 12.7. The topological polar surface area (TPSA) is 52.6 Å². The van der Waals surface area contributed by atoms with Crippen LogP contribution in [0.25, 0.3) is 6.08 Å². The van der Waals surface area contributed by atoms with Crippen LogP contribution in [0.5, 0.6) is 11.5 Å². The number of allylic oxidation sites excluding steroid dienone is 1. The van der Waals surface area contributed by atoms with E-state index in [9.17, 15) is 9.59 Å². The van der Waals surface area contributed by atoms with Crippen LogP contribution < -0.4 is 9.47 Å². The Morgan fingerprint density at radius 1 is 1.00 bits per heavy atom. The Bertz CT molecular complexity index is 1230. The first-order chi connectivity index (χ1) is 14.3. The fourth-order valence-electron chi connectivity index (χ4n) is 3.16. The molecule has 0 unspecified atom stereocenters. The molecule has 1 aliphatic heterocycles. The number of hydrogen-bond donors (Lipinski definition) is 0. The molecule has 0 radical (unpaired) electrons. The number of esters is 1. The zero-order valence-corrected chi connectivity index (χ0v) is 17.7. The monoisotopic (exact) mass is 438 g/mol. The van der Waals surface area contributed by atoms with E-state index in [1.807, 2.05) is 13.0 Å². The van der Waals surface area contributed by atoms with Gasteiger partial charge in [-0.25, -0.2) is 4.79 Å². The number of carbonyl (C=O) groups excluding carboxylic acids is 2. The van der Waals surface area contributed by atoms with Crippen molar-refractivity contribution in [1.82, 2.24) is 0 Å². The minimum Gasteiger partial charge on any atom is -0.452 e. The molecule has 3 aromatic rings. The molecule has 1 heterocycles. The Hall–Kier alpha value is -3.08. The molecule has 1 aliphatic rings. The molecule has 0 saturated heterocycles. The molecule has 0 atom stereocenters. The third kappa shape index (κ3) is 3.84. The molecule has 150 valence electrons. The highest BCUT2D eigenvalue weighted by molar-refractivity contribution is 6.42. The second-order valence-electron chi connectivity index (χ2n) is 6.94. The van der Waals surface area contributed by atoms with Gasteiger partial charge in [0.05, 0.1) is 21.2 Å². The molecule has 0 bridgehead atoms. The number of ketones is 1. The van der Waals surface area contributed by atoms with Crippen molar-refractivity contribution in [3.05, 3.63) is 98.2 Å². The van der Waals surface area contributed by atoms with Gasteiger partial charge >= 0.3 is 5.97 Å². The van der Waals surface area contributed by atoms with E-state index in [4.69, 9.17) is 32.7 Å². The van der Waals surface area contributed by atoms with E-state index in [1.165, 1.54) is 0 Å². The van der Waals surface area contributed by atoms with Crippen LogP contribution in [0, 0.1) is 13.8 Å². The van der Waals surface area contributed by atoms with Crippen molar-refractivity contribution in [2.75, 3.05) is 0 Å². The number of benzene rings is 3. The van der Waals surface area contributed by atoms with Crippen molar-refractivity contribution in [2.24, 2.45) is 0 Å². The van der Waals surface area contributed by atoms with Gasteiger partial charge in [-0.05, 0) is 61.9 Å². The van der Waals surface area contributed by atoms with Gasteiger partial charge in [0, 0.05) is 5.56 Å². The molecule has 3 aromatic carbocycles. The summed E-state index contributed by atoms with van der Waals surface area (Å²) in [7, 11) is 0. The first-order valence-electron chi connectivity index (χ1n) is 9.15. The second kappa shape index (κ2) is 7.98. The van der Waals surface area contributed by atoms with Crippen LogP contribution in [0.2, 0.25) is 10.0 Å². The fraction of sp³-hybridized carbons (Fsp3) is 0.0833. The normalized spacial score (nSPS) is 13.9. The van der Waals surface area contributed by atoms with Crippen molar-refractivity contribution in [1.29, 1.82) is 0 Å². The van der Waals surface area contributed by atoms with Crippen molar-refractivity contribution in [3.63, 3.8) is 0 Å². The van der Waals surface area contributed by atoms with Crippen LogP contribution in [-0.4, -0.2) is 11.8 Å². The zero-order valence-electron chi connectivity index (χ0n) is 16.2. The van der Waals surface area contributed by atoms with Crippen molar-refractivity contribution >= 4 is 41.0 Å². The highest BCUT2D eigenvalue weighted by Gasteiger charge is 2.30. The number of rotatable bonds is 3. The van der Waals surface area contributed by atoms with E-state index in [0.29, 0.717) is 43.8 Å². The minimum atomic E-state index is -0.474. The fourth-order valence-corrected chi connectivity index (χ4v) is 3.47. The highest BCUT2D eigenvalue weighted by atomic mass is 35.5. The number of fused-ring (bicyclic) bond motifs is 1. The van der Waals surface area contributed by atoms with Gasteiger partial charge in [0.25, 0.3) is 0 Å². The van der Waals surface area contributed by atoms with E-state index < -0.39 is 5.97 Å². The molecule has 0 amide bonds. The SMILES string of the molecule is Cc1cccc(C(=O)Oc2ccc3c(c2C)O/C(=C\c2ccc(Cl)c(Cl)c2)C3=O)c1. The molecule has 0 aromatic heterocycles. The van der Waals surface area contributed by atoms with Gasteiger partial charge in [-0.2, -0.15) is 0 Å². The summed E-state index contributed by atoms with van der Waals surface area (Å²) in [5, 5.41) is 0.812. The number of ether oxygens (including phenoxy) is 2. The lowest BCUT2D eigenvalue weighted by atomic mass is 10.1. The van der Waals surface area contributed by atoms with Crippen molar-refractivity contribution in [2.45, 2.75) is 13.8 Å². The molecule has 30 heavy (non-hydrogen) atoms. The van der Waals surface area contributed by atoms with E-state index in [1.54, 1.807) is 61.5 Å². The van der Waals surface area contributed by atoms with Crippen LogP contribution >= 0.6 is 23.2 Å². The van der Waals surface area contributed by atoms with Crippen LogP contribution in [0.15, 0.2) is 60.4 Å². The van der Waals surface area contributed by atoms with Gasteiger partial charge in [0.1, 0.15) is 11.5 Å². The number of carbonyl (C=O) groups is 2. The van der Waals surface area contributed by atoms with E-state index in [2.05, 4.69) is 0 Å². The Morgan fingerprint density at radius 2 is 1.80 bits per heavy atom. The van der Waals surface area contributed by atoms with Crippen molar-refractivity contribution in [3.8, 4) is 11.5 Å². The van der Waals surface area contributed by atoms with Gasteiger partial charge in [-0.15, -0.1) is 0 Å². The molecule has 0 spiro atoms. The van der Waals surface area contributed by atoms with Gasteiger partial charge in [-0.1, -0.05) is 47.0 Å². The van der Waals surface area contributed by atoms with Gasteiger partial charge < -0.3 is 9.47 Å². The largest absolute Gasteiger partial charge is 0.452 e. The Balaban J connectivity index is 1.62. The van der Waals surface area contributed by atoms with E-state index in [0.717, 1.165) is 5.56 Å². The third-order valence-corrected chi connectivity index (χ3v) is 5.47. The molecular formula is C24H16Cl2O4. The summed E-state index contributed by atoms with van der Waals surface area (Å²) >= 11 is 12.0. The Morgan fingerprint density at radius 3 is 2.53 bits per heavy atom. The second-order valence-corrected chi connectivity index (χ2v) is 7.75. The lowest BCUT2D eigenvalue weighted by Gasteiger charge is -2.10. The summed E-state index contributed by atoms with van der Waals surface area (Å²) in [6, 6.07) is 15.4. The lowest BCUT2D eigenvalue weighted by molar-refractivity contribution is 0.0733. The smallest absolute Gasteiger partial charge is 0.343 e. The lowest BCUT2D eigenvalue weighted by Crippen LogP contribution is -2.09. The average molecular weight is 439 g/mol. The summed E-state index contributed by atoms with van der Waals surface area (Å²) in [5.74, 6) is 0.145. The predicted molar refractivity (Wildman–Crippen MR) is 117 cm³/mol. The van der Waals surface area contributed by atoms with E-state index >= 15 is 0 Å². The molecule has 0 N–H and O–H groups in total. The number of aryl methyl sites for hydroxylation is 1.